The monoisotopic (exact) mass is 417 g/mol. The van der Waals surface area contributed by atoms with Gasteiger partial charge in [0, 0.05) is 17.0 Å². The zero-order valence-electron chi connectivity index (χ0n) is 15.1. The molecular weight excluding hydrogens is 400 g/mol. The Kier molecular flexibility index (Phi) is 5.66. The van der Waals surface area contributed by atoms with E-state index >= 15 is 0 Å². The van der Waals surface area contributed by atoms with Gasteiger partial charge < -0.3 is 14.2 Å². The van der Waals surface area contributed by atoms with Crippen molar-refractivity contribution < 1.29 is 22.4 Å². The second-order valence-electron chi connectivity index (χ2n) is 6.25. The van der Waals surface area contributed by atoms with E-state index in [1.807, 2.05) is 0 Å². The Labute approximate surface area is 169 Å². The molecule has 0 fully saturated rings. The van der Waals surface area contributed by atoms with E-state index in [2.05, 4.69) is 10.4 Å². The smallest absolute Gasteiger partial charge is 0.288 e. The van der Waals surface area contributed by atoms with Crippen molar-refractivity contribution in [2.75, 3.05) is 11.9 Å². The van der Waals surface area contributed by atoms with E-state index in [0.717, 1.165) is 0 Å². The summed E-state index contributed by atoms with van der Waals surface area (Å²) in [6.45, 7) is -0.00647. The number of hydrogen-bond donors (Lipinski definition) is 1. The van der Waals surface area contributed by atoms with E-state index in [-0.39, 0.29) is 18.5 Å². The van der Waals surface area contributed by atoms with Gasteiger partial charge in [-0.25, -0.2) is 5.01 Å². The summed E-state index contributed by atoms with van der Waals surface area (Å²) in [6.07, 6.45) is 3.59. The van der Waals surface area contributed by atoms with Gasteiger partial charge in [-0.2, -0.15) is 13.9 Å². The number of hydrazone groups is 1. The fourth-order valence-electron chi connectivity index (χ4n) is 3.05. The average Bonchev–Trinajstić information content (AvgIpc) is 3.47. The highest BCUT2D eigenvalue weighted by Gasteiger charge is 2.35. The van der Waals surface area contributed by atoms with Crippen molar-refractivity contribution in [3.8, 4) is 0 Å². The standard InChI is InChI=1S/C20H17F2N3O3S/c21-20(22)29-14-7-5-13(6-8-14)23-12-19(26)25-16(18-4-2-10-28-18)11-15(24-25)17-3-1-9-27-17/h1-10,16,20,23H,11-12H2. The number of rotatable bonds is 7. The topological polar surface area (TPSA) is 71.0 Å². The molecule has 1 atom stereocenters. The van der Waals surface area contributed by atoms with Crippen LogP contribution in [0.3, 0.4) is 0 Å². The van der Waals surface area contributed by atoms with Crippen molar-refractivity contribution in [1.29, 1.82) is 0 Å². The van der Waals surface area contributed by atoms with Gasteiger partial charge in [-0.3, -0.25) is 4.79 Å². The van der Waals surface area contributed by atoms with Crippen molar-refractivity contribution in [1.82, 2.24) is 5.01 Å². The Morgan fingerprint density at radius 3 is 2.59 bits per heavy atom. The largest absolute Gasteiger partial charge is 0.467 e. The zero-order chi connectivity index (χ0) is 20.2. The highest BCUT2D eigenvalue weighted by atomic mass is 32.2. The highest BCUT2D eigenvalue weighted by Crippen LogP contribution is 2.33. The number of alkyl halides is 2. The molecule has 1 aliphatic rings. The number of anilines is 1. The first kappa shape index (κ1) is 19.3. The molecule has 0 saturated carbocycles. The second kappa shape index (κ2) is 8.52. The fourth-order valence-corrected chi connectivity index (χ4v) is 3.55. The molecule has 2 aromatic heterocycles. The minimum absolute atomic E-state index is 0.00647. The lowest BCUT2D eigenvalue weighted by Gasteiger charge is -2.20. The van der Waals surface area contributed by atoms with Crippen molar-refractivity contribution >= 4 is 29.1 Å². The molecule has 0 aliphatic carbocycles. The molecule has 1 aliphatic heterocycles. The molecule has 4 rings (SSSR count). The summed E-state index contributed by atoms with van der Waals surface area (Å²) in [4.78, 5) is 13.3. The van der Waals surface area contributed by atoms with Crippen LogP contribution in [0, 0.1) is 0 Å². The average molecular weight is 417 g/mol. The van der Waals surface area contributed by atoms with Crippen LogP contribution >= 0.6 is 11.8 Å². The molecule has 0 saturated heterocycles. The summed E-state index contributed by atoms with van der Waals surface area (Å²) in [7, 11) is 0. The molecule has 1 amide bonds. The van der Waals surface area contributed by atoms with Crippen LogP contribution in [0.2, 0.25) is 0 Å². The molecule has 0 radical (unpaired) electrons. The summed E-state index contributed by atoms with van der Waals surface area (Å²) in [5.41, 5.74) is 1.32. The number of carbonyl (C=O) groups excluding carboxylic acids is 1. The predicted octanol–water partition coefficient (Wildman–Crippen LogP) is 4.98. The fraction of sp³-hybridized carbons (Fsp3) is 0.200. The molecule has 29 heavy (non-hydrogen) atoms. The number of furan rings is 2. The molecule has 9 heteroatoms. The maximum atomic E-state index is 12.8. The normalized spacial score (nSPS) is 16.3. The van der Waals surface area contributed by atoms with Gasteiger partial charge in [0.1, 0.15) is 23.3 Å². The Hall–Kier alpha value is -3.07. The van der Waals surface area contributed by atoms with Gasteiger partial charge in [-0.05, 0) is 48.5 Å². The minimum atomic E-state index is -2.47. The van der Waals surface area contributed by atoms with E-state index < -0.39 is 5.76 Å². The Morgan fingerprint density at radius 1 is 1.17 bits per heavy atom. The van der Waals surface area contributed by atoms with Crippen molar-refractivity contribution in [3.63, 3.8) is 0 Å². The quantitative estimate of drug-likeness (QED) is 0.549. The minimum Gasteiger partial charge on any atom is -0.467 e. The Morgan fingerprint density at radius 2 is 1.93 bits per heavy atom. The summed E-state index contributed by atoms with van der Waals surface area (Å²) in [6, 6.07) is 13.2. The van der Waals surface area contributed by atoms with Gasteiger partial charge in [-0.1, -0.05) is 11.8 Å². The van der Waals surface area contributed by atoms with Crippen LogP contribution in [0.15, 0.2) is 79.9 Å². The van der Waals surface area contributed by atoms with E-state index in [4.69, 9.17) is 8.83 Å². The molecule has 1 N–H and O–H groups in total. The number of halogens is 2. The Balaban J connectivity index is 1.45. The first-order chi connectivity index (χ1) is 14.1. The Bertz CT molecular complexity index is 973. The first-order valence-corrected chi connectivity index (χ1v) is 9.73. The molecule has 1 aromatic carbocycles. The maximum absolute atomic E-state index is 12.8. The van der Waals surface area contributed by atoms with Crippen molar-refractivity contribution in [2.45, 2.75) is 23.1 Å². The number of thioether (sulfide) groups is 1. The van der Waals surface area contributed by atoms with Crippen LogP contribution in [0.4, 0.5) is 14.5 Å². The van der Waals surface area contributed by atoms with Crippen molar-refractivity contribution in [2.24, 2.45) is 5.10 Å². The van der Waals surface area contributed by atoms with Gasteiger partial charge in [0.25, 0.3) is 11.7 Å². The van der Waals surface area contributed by atoms with Crippen molar-refractivity contribution in [3.05, 3.63) is 72.6 Å². The number of nitrogens with zero attached hydrogens (tertiary/aromatic N) is 2. The summed E-state index contributed by atoms with van der Waals surface area (Å²) in [5, 5.41) is 8.85. The first-order valence-electron chi connectivity index (χ1n) is 8.86. The molecule has 1 unspecified atom stereocenters. The van der Waals surface area contributed by atoms with Gasteiger partial charge in [0.2, 0.25) is 0 Å². The third kappa shape index (κ3) is 4.51. The maximum Gasteiger partial charge on any atom is 0.288 e. The van der Waals surface area contributed by atoms with Crippen LogP contribution in [0.5, 0.6) is 0 Å². The molecule has 0 spiro atoms. The third-order valence-corrected chi connectivity index (χ3v) is 5.09. The van der Waals surface area contributed by atoms with Crippen LogP contribution in [0.25, 0.3) is 0 Å². The van der Waals surface area contributed by atoms with Crippen LogP contribution in [0.1, 0.15) is 24.0 Å². The number of hydrogen-bond acceptors (Lipinski definition) is 6. The molecule has 0 bridgehead atoms. The molecule has 3 heterocycles. The number of benzene rings is 1. The molecular formula is C20H17F2N3O3S. The highest BCUT2D eigenvalue weighted by molar-refractivity contribution is 7.99. The summed E-state index contributed by atoms with van der Waals surface area (Å²) >= 11 is 0.476. The number of amides is 1. The van der Waals surface area contributed by atoms with Gasteiger partial charge in [-0.15, -0.1) is 0 Å². The van der Waals surface area contributed by atoms with Gasteiger partial charge in [0.05, 0.1) is 19.1 Å². The molecule has 150 valence electrons. The van der Waals surface area contributed by atoms with E-state index in [1.165, 1.54) is 5.01 Å². The third-order valence-electron chi connectivity index (χ3n) is 4.37. The van der Waals surface area contributed by atoms with E-state index in [1.54, 1.807) is 61.1 Å². The van der Waals surface area contributed by atoms with Gasteiger partial charge in [0.15, 0.2) is 0 Å². The lowest BCUT2D eigenvalue weighted by atomic mass is 10.1. The van der Waals surface area contributed by atoms with Crippen LogP contribution < -0.4 is 5.32 Å². The van der Waals surface area contributed by atoms with Gasteiger partial charge >= 0.3 is 0 Å². The number of carbonyl (C=O) groups is 1. The van der Waals surface area contributed by atoms with E-state index in [0.29, 0.717) is 46.0 Å². The molecule has 3 aromatic rings. The lowest BCUT2D eigenvalue weighted by Crippen LogP contribution is -2.32. The lowest BCUT2D eigenvalue weighted by molar-refractivity contribution is -0.131. The molecule has 6 nitrogen and oxygen atoms in total. The SMILES string of the molecule is O=C(CNc1ccc(SC(F)F)cc1)N1N=C(c2ccco2)CC1c1ccco1. The summed E-state index contributed by atoms with van der Waals surface area (Å²) < 4.78 is 35.7. The zero-order valence-corrected chi connectivity index (χ0v) is 15.9. The van der Waals surface area contributed by atoms with Crippen LogP contribution in [-0.4, -0.2) is 28.9 Å². The van der Waals surface area contributed by atoms with E-state index in [9.17, 15) is 13.6 Å². The summed E-state index contributed by atoms with van der Waals surface area (Å²) in [5.74, 6) is -1.47. The second-order valence-corrected chi connectivity index (χ2v) is 7.32. The predicted molar refractivity (Wildman–Crippen MR) is 105 cm³/mol. The van der Waals surface area contributed by atoms with Crippen LogP contribution in [-0.2, 0) is 4.79 Å². The number of nitrogens with one attached hydrogen (secondary N) is 1.